The Balaban J connectivity index is 2.46. The van der Waals surface area contributed by atoms with Crippen LogP contribution in [0.15, 0.2) is 41.2 Å². The normalized spacial score (nSPS) is 9.88. The molecule has 0 atom stereocenters. The van der Waals surface area contributed by atoms with E-state index in [1.165, 1.54) is 10.7 Å². The third-order valence-corrected chi connectivity index (χ3v) is 2.48. The van der Waals surface area contributed by atoms with Crippen molar-refractivity contribution in [3.8, 4) is 17.3 Å². The van der Waals surface area contributed by atoms with Crippen molar-refractivity contribution in [2.24, 2.45) is 0 Å². The van der Waals surface area contributed by atoms with Crippen LogP contribution in [0.5, 0.6) is 0 Å². The fraction of sp³-hybridized carbons (Fsp3) is 0.154. The van der Waals surface area contributed by atoms with Crippen LogP contribution in [0.1, 0.15) is 12.5 Å². The molecule has 0 unspecified atom stereocenters. The molecule has 0 saturated heterocycles. The monoisotopic (exact) mass is 225 g/mol. The van der Waals surface area contributed by atoms with Gasteiger partial charge in [-0.25, -0.2) is 4.68 Å². The summed E-state index contributed by atoms with van der Waals surface area (Å²) in [5, 5.41) is 12.9. The van der Waals surface area contributed by atoms with Gasteiger partial charge in [0.05, 0.1) is 17.3 Å². The summed E-state index contributed by atoms with van der Waals surface area (Å²) in [4.78, 5) is 11.4. The van der Waals surface area contributed by atoms with Gasteiger partial charge in [-0.15, -0.1) is 0 Å². The first kappa shape index (κ1) is 11.1. The smallest absolute Gasteiger partial charge is 0.266 e. The van der Waals surface area contributed by atoms with Gasteiger partial charge in [-0.3, -0.25) is 4.79 Å². The fourth-order valence-corrected chi connectivity index (χ4v) is 1.54. The average molecular weight is 225 g/mol. The first-order valence-corrected chi connectivity index (χ1v) is 5.33. The lowest BCUT2D eigenvalue weighted by molar-refractivity contribution is 0.619. The summed E-state index contributed by atoms with van der Waals surface area (Å²) in [5.41, 5.74) is 2.13. The van der Waals surface area contributed by atoms with E-state index in [2.05, 4.69) is 11.2 Å². The second kappa shape index (κ2) is 4.62. The van der Waals surface area contributed by atoms with Crippen LogP contribution in [0.25, 0.3) is 11.3 Å². The molecule has 1 heterocycles. The van der Waals surface area contributed by atoms with Crippen LogP contribution in [0.2, 0.25) is 0 Å². The van der Waals surface area contributed by atoms with E-state index in [-0.39, 0.29) is 5.56 Å². The summed E-state index contributed by atoms with van der Waals surface area (Å²) in [6, 6.07) is 12.4. The molecule has 0 aliphatic rings. The van der Waals surface area contributed by atoms with Gasteiger partial charge in [-0.2, -0.15) is 10.4 Å². The molecule has 4 heteroatoms. The standard InChI is InChI=1S/C13H11N3O/c1-2-16-13(17)8-7-12(15-16)11-5-3-10(9-14)4-6-11/h3-8H,2H2,1H3. The molecule has 0 bridgehead atoms. The Morgan fingerprint density at radius 1 is 1.24 bits per heavy atom. The molecule has 2 rings (SSSR count). The lowest BCUT2D eigenvalue weighted by Crippen LogP contribution is -2.20. The van der Waals surface area contributed by atoms with Gasteiger partial charge in [-0.1, -0.05) is 12.1 Å². The maximum absolute atomic E-state index is 11.4. The predicted octanol–water partition coefficient (Wildman–Crippen LogP) is 1.80. The van der Waals surface area contributed by atoms with Crippen molar-refractivity contribution in [2.75, 3.05) is 0 Å². The molecule has 0 radical (unpaired) electrons. The van der Waals surface area contributed by atoms with Crippen molar-refractivity contribution in [1.29, 1.82) is 5.26 Å². The maximum atomic E-state index is 11.4. The van der Waals surface area contributed by atoms with Crippen LogP contribution in [0.4, 0.5) is 0 Å². The molecule has 0 saturated carbocycles. The van der Waals surface area contributed by atoms with E-state index >= 15 is 0 Å². The molecule has 0 aliphatic heterocycles. The molecular formula is C13H11N3O. The highest BCUT2D eigenvalue weighted by molar-refractivity contribution is 5.59. The zero-order chi connectivity index (χ0) is 12.3. The van der Waals surface area contributed by atoms with Gasteiger partial charge in [0, 0.05) is 18.2 Å². The highest BCUT2D eigenvalue weighted by Gasteiger charge is 2.02. The van der Waals surface area contributed by atoms with Crippen molar-refractivity contribution < 1.29 is 0 Å². The molecule has 1 aromatic heterocycles. The summed E-state index contributed by atoms with van der Waals surface area (Å²) in [6.45, 7) is 2.42. The Morgan fingerprint density at radius 3 is 2.53 bits per heavy atom. The SMILES string of the molecule is CCn1nc(-c2ccc(C#N)cc2)ccc1=O. The van der Waals surface area contributed by atoms with E-state index < -0.39 is 0 Å². The van der Waals surface area contributed by atoms with Gasteiger partial charge in [0.2, 0.25) is 0 Å². The number of aryl methyl sites for hydroxylation is 1. The molecule has 0 aliphatic carbocycles. The third kappa shape index (κ3) is 2.23. The first-order chi connectivity index (χ1) is 8.24. The second-order valence-corrected chi connectivity index (χ2v) is 3.56. The van der Waals surface area contributed by atoms with Crippen molar-refractivity contribution in [3.63, 3.8) is 0 Å². The lowest BCUT2D eigenvalue weighted by Gasteiger charge is -2.04. The van der Waals surface area contributed by atoms with Gasteiger partial charge in [0.15, 0.2) is 0 Å². The summed E-state index contributed by atoms with van der Waals surface area (Å²) >= 11 is 0. The van der Waals surface area contributed by atoms with E-state index in [1.54, 1.807) is 18.2 Å². The summed E-state index contributed by atoms with van der Waals surface area (Å²) in [5.74, 6) is 0. The molecule has 84 valence electrons. The largest absolute Gasteiger partial charge is 0.268 e. The van der Waals surface area contributed by atoms with Crippen molar-refractivity contribution >= 4 is 0 Å². The Morgan fingerprint density at radius 2 is 1.94 bits per heavy atom. The van der Waals surface area contributed by atoms with E-state index in [1.807, 2.05) is 19.1 Å². The van der Waals surface area contributed by atoms with Gasteiger partial charge in [0.25, 0.3) is 5.56 Å². The minimum Gasteiger partial charge on any atom is -0.268 e. The summed E-state index contributed by atoms with van der Waals surface area (Å²) in [7, 11) is 0. The Bertz CT molecular complexity index is 620. The van der Waals surface area contributed by atoms with Gasteiger partial charge in [0.1, 0.15) is 0 Å². The highest BCUT2D eigenvalue weighted by atomic mass is 16.1. The number of benzene rings is 1. The Kier molecular flexibility index (Phi) is 3.01. The summed E-state index contributed by atoms with van der Waals surface area (Å²) < 4.78 is 1.41. The minimum atomic E-state index is -0.107. The molecular weight excluding hydrogens is 214 g/mol. The number of nitriles is 1. The summed E-state index contributed by atoms with van der Waals surface area (Å²) in [6.07, 6.45) is 0. The van der Waals surface area contributed by atoms with E-state index in [9.17, 15) is 4.79 Å². The van der Waals surface area contributed by atoms with Crippen LogP contribution < -0.4 is 5.56 Å². The maximum Gasteiger partial charge on any atom is 0.266 e. The predicted molar refractivity (Wildman–Crippen MR) is 64.3 cm³/mol. The topological polar surface area (TPSA) is 58.7 Å². The van der Waals surface area contributed by atoms with Crippen LogP contribution >= 0.6 is 0 Å². The number of nitrogens with zero attached hydrogens (tertiary/aromatic N) is 3. The highest BCUT2D eigenvalue weighted by Crippen LogP contribution is 2.15. The Labute approximate surface area is 98.8 Å². The zero-order valence-corrected chi connectivity index (χ0v) is 9.42. The van der Waals surface area contributed by atoms with Gasteiger partial charge in [-0.05, 0) is 25.1 Å². The van der Waals surface area contributed by atoms with Gasteiger partial charge >= 0.3 is 0 Å². The molecule has 2 aromatic rings. The average Bonchev–Trinajstić information content (AvgIpc) is 2.39. The number of hydrogen-bond acceptors (Lipinski definition) is 3. The fourth-order valence-electron chi connectivity index (χ4n) is 1.54. The molecule has 0 fully saturated rings. The third-order valence-electron chi connectivity index (χ3n) is 2.48. The van der Waals surface area contributed by atoms with E-state index in [4.69, 9.17) is 5.26 Å². The lowest BCUT2D eigenvalue weighted by atomic mass is 10.1. The van der Waals surface area contributed by atoms with Crippen LogP contribution in [-0.4, -0.2) is 9.78 Å². The number of aromatic nitrogens is 2. The van der Waals surface area contributed by atoms with Gasteiger partial charge < -0.3 is 0 Å². The Hall–Kier alpha value is -2.41. The van der Waals surface area contributed by atoms with Crippen molar-refractivity contribution in [3.05, 3.63) is 52.3 Å². The molecule has 0 N–H and O–H groups in total. The van der Waals surface area contributed by atoms with Crippen LogP contribution in [-0.2, 0) is 6.54 Å². The van der Waals surface area contributed by atoms with Crippen LogP contribution in [0, 0.1) is 11.3 Å². The number of rotatable bonds is 2. The molecule has 0 spiro atoms. The van der Waals surface area contributed by atoms with E-state index in [0.717, 1.165) is 11.3 Å². The molecule has 1 aromatic carbocycles. The quantitative estimate of drug-likeness (QED) is 0.783. The molecule has 4 nitrogen and oxygen atoms in total. The van der Waals surface area contributed by atoms with Crippen molar-refractivity contribution in [1.82, 2.24) is 9.78 Å². The first-order valence-electron chi connectivity index (χ1n) is 5.33. The van der Waals surface area contributed by atoms with E-state index in [0.29, 0.717) is 12.1 Å². The zero-order valence-electron chi connectivity index (χ0n) is 9.42. The minimum absolute atomic E-state index is 0.107. The molecule has 17 heavy (non-hydrogen) atoms. The van der Waals surface area contributed by atoms with Crippen LogP contribution in [0.3, 0.4) is 0 Å². The van der Waals surface area contributed by atoms with Crippen molar-refractivity contribution in [2.45, 2.75) is 13.5 Å². The molecule has 0 amide bonds. The second-order valence-electron chi connectivity index (χ2n) is 3.56. The number of hydrogen-bond donors (Lipinski definition) is 0.